The van der Waals surface area contributed by atoms with Crippen molar-refractivity contribution in [3.05, 3.63) is 0 Å². The Balaban J connectivity index is 1.93. The van der Waals surface area contributed by atoms with Crippen molar-refractivity contribution in [2.75, 3.05) is 19.7 Å². The van der Waals surface area contributed by atoms with E-state index in [0.29, 0.717) is 6.54 Å². The van der Waals surface area contributed by atoms with Crippen molar-refractivity contribution in [1.82, 2.24) is 4.90 Å². The van der Waals surface area contributed by atoms with Crippen LogP contribution in [0.3, 0.4) is 0 Å². The Bertz CT molecular complexity index is 227. The Hall–Kier alpha value is -0.610. The van der Waals surface area contributed by atoms with Crippen molar-refractivity contribution < 1.29 is 9.53 Å². The molecule has 2 fully saturated rings. The van der Waals surface area contributed by atoms with Crippen LogP contribution in [0.2, 0.25) is 0 Å². The molecule has 4 nitrogen and oxygen atoms in total. The van der Waals surface area contributed by atoms with E-state index in [1.165, 1.54) is 0 Å². The van der Waals surface area contributed by atoms with Crippen molar-refractivity contribution in [3.63, 3.8) is 0 Å². The number of likely N-dealkylation sites (tertiary alicyclic amines) is 1. The third-order valence-electron chi connectivity index (χ3n) is 3.39. The maximum Gasteiger partial charge on any atom is 0.251 e. The maximum atomic E-state index is 12.1. The number of ether oxygens (including phenoxy) is 1. The summed E-state index contributed by atoms with van der Waals surface area (Å²) in [5.74, 6) is 0.169. The zero-order chi connectivity index (χ0) is 10.7. The fraction of sp³-hybridized carbons (Fsp3) is 0.909. The molecule has 0 aromatic heterocycles. The smallest absolute Gasteiger partial charge is 0.251 e. The van der Waals surface area contributed by atoms with Gasteiger partial charge in [-0.1, -0.05) is 0 Å². The van der Waals surface area contributed by atoms with Gasteiger partial charge in [0.15, 0.2) is 0 Å². The van der Waals surface area contributed by atoms with E-state index >= 15 is 0 Å². The van der Waals surface area contributed by atoms with Crippen LogP contribution < -0.4 is 5.73 Å². The highest BCUT2D eigenvalue weighted by Crippen LogP contribution is 2.21. The third-order valence-corrected chi connectivity index (χ3v) is 3.39. The molecule has 2 atom stereocenters. The lowest BCUT2D eigenvalue weighted by Gasteiger charge is -2.30. The topological polar surface area (TPSA) is 55.6 Å². The number of carbonyl (C=O) groups is 1. The molecule has 2 aliphatic heterocycles. The molecule has 0 spiro atoms. The molecule has 2 N–H and O–H groups in total. The minimum Gasteiger partial charge on any atom is -0.368 e. The van der Waals surface area contributed by atoms with Crippen LogP contribution >= 0.6 is 0 Å². The fourth-order valence-corrected chi connectivity index (χ4v) is 2.49. The summed E-state index contributed by atoms with van der Waals surface area (Å²) < 4.78 is 5.51. The minimum atomic E-state index is -0.189. The standard InChI is InChI=1S/C11H20N2O2/c12-8-9-4-3-6-13(9)11(14)10-5-1-2-7-15-10/h9-10H,1-8,12H2/t9-,10?/m0/s1. The fourth-order valence-electron chi connectivity index (χ4n) is 2.49. The monoisotopic (exact) mass is 212 g/mol. The van der Waals surface area contributed by atoms with Gasteiger partial charge in [0.25, 0.3) is 5.91 Å². The molecule has 2 saturated heterocycles. The SMILES string of the molecule is NC[C@@H]1CCCN1C(=O)C1CCCCO1. The van der Waals surface area contributed by atoms with E-state index in [4.69, 9.17) is 10.5 Å². The van der Waals surface area contributed by atoms with Gasteiger partial charge in [-0.15, -0.1) is 0 Å². The molecular weight excluding hydrogens is 192 g/mol. The van der Waals surface area contributed by atoms with Gasteiger partial charge in [-0.25, -0.2) is 0 Å². The van der Waals surface area contributed by atoms with Gasteiger partial charge in [0, 0.05) is 25.7 Å². The Labute approximate surface area is 90.8 Å². The van der Waals surface area contributed by atoms with Crippen LogP contribution in [0.15, 0.2) is 0 Å². The Morgan fingerprint density at radius 2 is 2.20 bits per heavy atom. The zero-order valence-corrected chi connectivity index (χ0v) is 9.15. The molecule has 2 aliphatic rings. The van der Waals surface area contributed by atoms with Crippen LogP contribution in [0.4, 0.5) is 0 Å². The van der Waals surface area contributed by atoms with Gasteiger partial charge in [-0.3, -0.25) is 4.79 Å². The first kappa shape index (κ1) is 10.9. The van der Waals surface area contributed by atoms with Crippen molar-refractivity contribution in [2.24, 2.45) is 5.73 Å². The molecule has 0 aromatic carbocycles. The molecule has 0 bridgehead atoms. The lowest BCUT2D eigenvalue weighted by Crippen LogP contribution is -2.46. The van der Waals surface area contributed by atoms with E-state index in [9.17, 15) is 4.79 Å². The molecule has 1 unspecified atom stereocenters. The van der Waals surface area contributed by atoms with Gasteiger partial charge in [0.05, 0.1) is 0 Å². The number of nitrogens with zero attached hydrogens (tertiary/aromatic N) is 1. The van der Waals surface area contributed by atoms with Crippen LogP contribution in [0.5, 0.6) is 0 Å². The van der Waals surface area contributed by atoms with Crippen LogP contribution in [0.1, 0.15) is 32.1 Å². The summed E-state index contributed by atoms with van der Waals surface area (Å²) in [6, 6.07) is 0.253. The summed E-state index contributed by atoms with van der Waals surface area (Å²) in [5.41, 5.74) is 5.66. The number of carbonyl (C=O) groups excluding carboxylic acids is 1. The second kappa shape index (κ2) is 4.94. The number of hydrogen-bond acceptors (Lipinski definition) is 3. The van der Waals surface area contributed by atoms with Crippen LogP contribution in [0, 0.1) is 0 Å². The molecule has 15 heavy (non-hydrogen) atoms. The predicted octanol–water partition coefficient (Wildman–Crippen LogP) is 0.505. The first-order chi connectivity index (χ1) is 7.33. The molecule has 0 aliphatic carbocycles. The number of nitrogens with two attached hydrogens (primary N) is 1. The van der Waals surface area contributed by atoms with Gasteiger partial charge in [-0.05, 0) is 32.1 Å². The minimum absolute atomic E-state index is 0.169. The highest BCUT2D eigenvalue weighted by atomic mass is 16.5. The van der Waals surface area contributed by atoms with Crippen LogP contribution in [-0.4, -0.2) is 42.6 Å². The van der Waals surface area contributed by atoms with Gasteiger partial charge in [0.2, 0.25) is 0 Å². The highest BCUT2D eigenvalue weighted by Gasteiger charge is 2.33. The highest BCUT2D eigenvalue weighted by molar-refractivity contribution is 5.81. The molecular formula is C11H20N2O2. The Morgan fingerprint density at radius 3 is 2.87 bits per heavy atom. The quantitative estimate of drug-likeness (QED) is 0.725. The van der Waals surface area contributed by atoms with Gasteiger partial charge in [0.1, 0.15) is 6.10 Å². The number of amides is 1. The number of hydrogen-bond donors (Lipinski definition) is 1. The number of rotatable bonds is 2. The lowest BCUT2D eigenvalue weighted by molar-refractivity contribution is -0.147. The first-order valence-electron chi connectivity index (χ1n) is 5.95. The van der Waals surface area contributed by atoms with Crippen molar-refractivity contribution >= 4 is 5.91 Å². The molecule has 0 aromatic rings. The average molecular weight is 212 g/mol. The second-order valence-electron chi connectivity index (χ2n) is 4.42. The lowest BCUT2D eigenvalue weighted by atomic mass is 10.1. The Morgan fingerprint density at radius 1 is 1.33 bits per heavy atom. The van der Waals surface area contributed by atoms with Crippen molar-refractivity contribution in [3.8, 4) is 0 Å². The average Bonchev–Trinajstić information content (AvgIpc) is 2.77. The normalized spacial score (nSPS) is 31.9. The first-order valence-corrected chi connectivity index (χ1v) is 5.95. The summed E-state index contributed by atoms with van der Waals surface area (Å²) in [6.07, 6.45) is 5.02. The van der Waals surface area contributed by atoms with Crippen molar-refractivity contribution in [1.29, 1.82) is 0 Å². The summed E-state index contributed by atoms with van der Waals surface area (Å²) >= 11 is 0. The van der Waals surface area contributed by atoms with Crippen molar-refractivity contribution in [2.45, 2.75) is 44.2 Å². The molecule has 2 rings (SSSR count). The van der Waals surface area contributed by atoms with Gasteiger partial charge in [-0.2, -0.15) is 0 Å². The third kappa shape index (κ3) is 2.32. The summed E-state index contributed by atoms with van der Waals surface area (Å²) in [6.45, 7) is 2.18. The summed E-state index contributed by atoms with van der Waals surface area (Å²) in [5, 5.41) is 0. The van der Waals surface area contributed by atoms with Crippen LogP contribution in [0.25, 0.3) is 0 Å². The molecule has 2 heterocycles. The van der Waals surface area contributed by atoms with E-state index in [2.05, 4.69) is 0 Å². The predicted molar refractivity (Wildman–Crippen MR) is 57.4 cm³/mol. The Kier molecular flexibility index (Phi) is 3.59. The van der Waals surface area contributed by atoms with E-state index in [0.717, 1.165) is 45.3 Å². The van der Waals surface area contributed by atoms with E-state index in [1.807, 2.05) is 4.90 Å². The molecule has 0 radical (unpaired) electrons. The summed E-state index contributed by atoms with van der Waals surface area (Å²) in [4.78, 5) is 14.0. The summed E-state index contributed by atoms with van der Waals surface area (Å²) in [7, 11) is 0. The second-order valence-corrected chi connectivity index (χ2v) is 4.42. The van der Waals surface area contributed by atoms with Crippen LogP contribution in [-0.2, 0) is 9.53 Å². The maximum absolute atomic E-state index is 12.1. The zero-order valence-electron chi connectivity index (χ0n) is 9.15. The van der Waals surface area contributed by atoms with Gasteiger partial charge < -0.3 is 15.4 Å². The molecule has 4 heteroatoms. The molecule has 0 saturated carbocycles. The molecule has 86 valence electrons. The molecule has 1 amide bonds. The van der Waals surface area contributed by atoms with Gasteiger partial charge >= 0.3 is 0 Å². The van der Waals surface area contributed by atoms with E-state index in [-0.39, 0.29) is 18.1 Å². The van der Waals surface area contributed by atoms with E-state index in [1.54, 1.807) is 0 Å². The van der Waals surface area contributed by atoms with E-state index < -0.39 is 0 Å². The largest absolute Gasteiger partial charge is 0.368 e.